The maximum atomic E-state index is 12.0. The average molecular weight is 257 g/mol. The van der Waals surface area contributed by atoms with Gasteiger partial charge in [0, 0.05) is 24.4 Å². The van der Waals surface area contributed by atoms with Gasteiger partial charge in [-0.3, -0.25) is 9.48 Å². The topological polar surface area (TPSA) is 75.0 Å². The van der Waals surface area contributed by atoms with Crippen molar-refractivity contribution in [1.29, 1.82) is 0 Å². The molecule has 0 spiro atoms. The van der Waals surface area contributed by atoms with E-state index in [1.807, 2.05) is 19.1 Å². The van der Waals surface area contributed by atoms with E-state index < -0.39 is 12.0 Å². The third kappa shape index (κ3) is 3.07. The van der Waals surface area contributed by atoms with Crippen LogP contribution in [0.2, 0.25) is 0 Å². The molecule has 5 nitrogen and oxygen atoms in total. The molecule has 0 saturated heterocycles. The van der Waals surface area contributed by atoms with Crippen LogP contribution in [0.1, 0.15) is 28.4 Å². The van der Waals surface area contributed by atoms with Crippen LogP contribution in [-0.4, -0.2) is 21.5 Å². The predicted octanol–water partition coefficient (Wildman–Crippen LogP) is 0.756. The average Bonchev–Trinajstić information content (AvgIpc) is 2.89. The Balaban J connectivity index is 2.16. The normalized spacial score (nSPS) is 12.1. The van der Waals surface area contributed by atoms with Crippen LogP contribution >= 0.6 is 0 Å². The van der Waals surface area contributed by atoms with E-state index in [0.717, 1.165) is 5.56 Å². The number of hydrogen-bond donors (Lipinski definition) is 0. The largest absolute Gasteiger partial charge is 0.548 e. The zero-order valence-electron chi connectivity index (χ0n) is 10.4. The minimum atomic E-state index is -1.32. The fourth-order valence-electron chi connectivity index (χ4n) is 1.78. The SMILES string of the molecule is Cc1ccc(C(=O)C[C@H](C(=O)[O-])n2cccn2)cc1. The Labute approximate surface area is 110 Å². The van der Waals surface area contributed by atoms with E-state index in [2.05, 4.69) is 5.10 Å². The van der Waals surface area contributed by atoms with Crippen molar-refractivity contribution in [2.24, 2.45) is 0 Å². The van der Waals surface area contributed by atoms with Gasteiger partial charge in [0.05, 0.1) is 12.0 Å². The molecule has 0 saturated carbocycles. The Morgan fingerprint density at radius 1 is 1.32 bits per heavy atom. The molecule has 98 valence electrons. The van der Waals surface area contributed by atoms with Crippen LogP contribution in [0.3, 0.4) is 0 Å². The molecule has 1 heterocycles. The second-order valence-corrected chi connectivity index (χ2v) is 4.31. The molecule has 0 aliphatic carbocycles. The highest BCUT2D eigenvalue weighted by Crippen LogP contribution is 2.14. The van der Waals surface area contributed by atoms with Gasteiger partial charge >= 0.3 is 0 Å². The number of carboxylic acid groups (broad SMARTS) is 1. The van der Waals surface area contributed by atoms with Crippen LogP contribution in [0, 0.1) is 6.92 Å². The highest BCUT2D eigenvalue weighted by atomic mass is 16.4. The number of carbonyl (C=O) groups is 2. The molecule has 1 aromatic heterocycles. The zero-order chi connectivity index (χ0) is 13.8. The third-order valence-corrected chi connectivity index (χ3v) is 2.87. The number of benzene rings is 1. The van der Waals surface area contributed by atoms with Crippen LogP contribution in [0.15, 0.2) is 42.7 Å². The smallest absolute Gasteiger partial charge is 0.165 e. The Bertz CT molecular complexity index is 573. The molecule has 0 N–H and O–H groups in total. The molecule has 0 bridgehead atoms. The van der Waals surface area contributed by atoms with Crippen LogP contribution in [0.25, 0.3) is 0 Å². The summed E-state index contributed by atoms with van der Waals surface area (Å²) in [6.07, 6.45) is 2.79. The molecule has 0 amide bonds. The van der Waals surface area contributed by atoms with Gasteiger partial charge in [0.25, 0.3) is 0 Å². The molecular formula is C14H13N2O3-. The molecule has 0 radical (unpaired) electrons. The lowest BCUT2D eigenvalue weighted by Crippen LogP contribution is -2.35. The van der Waals surface area contributed by atoms with E-state index in [0.29, 0.717) is 5.56 Å². The Morgan fingerprint density at radius 2 is 2.00 bits per heavy atom. The lowest BCUT2D eigenvalue weighted by Gasteiger charge is -2.17. The summed E-state index contributed by atoms with van der Waals surface area (Å²) in [5.41, 5.74) is 1.53. The highest BCUT2D eigenvalue weighted by molar-refractivity contribution is 5.98. The van der Waals surface area contributed by atoms with Crippen molar-refractivity contribution in [3.05, 3.63) is 53.9 Å². The van der Waals surface area contributed by atoms with Gasteiger partial charge in [0.2, 0.25) is 0 Å². The number of aromatic nitrogens is 2. The number of aryl methyl sites for hydroxylation is 1. The first-order valence-electron chi connectivity index (χ1n) is 5.88. The van der Waals surface area contributed by atoms with E-state index in [4.69, 9.17) is 0 Å². The molecule has 0 aliphatic rings. The number of ketones is 1. The first kappa shape index (κ1) is 13.0. The van der Waals surface area contributed by atoms with E-state index >= 15 is 0 Å². The van der Waals surface area contributed by atoms with Crippen molar-refractivity contribution >= 4 is 11.8 Å². The fourth-order valence-corrected chi connectivity index (χ4v) is 1.78. The molecule has 2 aromatic rings. The summed E-state index contributed by atoms with van der Waals surface area (Å²) >= 11 is 0. The van der Waals surface area contributed by atoms with Gasteiger partial charge in [0.1, 0.15) is 0 Å². The number of carbonyl (C=O) groups excluding carboxylic acids is 2. The van der Waals surface area contributed by atoms with Crippen LogP contribution in [0.5, 0.6) is 0 Å². The predicted molar refractivity (Wildman–Crippen MR) is 66.4 cm³/mol. The van der Waals surface area contributed by atoms with Gasteiger partial charge in [-0.1, -0.05) is 29.8 Å². The summed E-state index contributed by atoms with van der Waals surface area (Å²) in [5.74, 6) is -1.56. The van der Waals surface area contributed by atoms with Crippen molar-refractivity contribution < 1.29 is 14.7 Å². The molecule has 1 aromatic carbocycles. The summed E-state index contributed by atoms with van der Waals surface area (Å²) in [7, 11) is 0. The van der Waals surface area contributed by atoms with Crippen molar-refractivity contribution in [3.63, 3.8) is 0 Å². The summed E-state index contributed by atoms with van der Waals surface area (Å²) in [6.45, 7) is 1.92. The minimum absolute atomic E-state index is 0.174. The van der Waals surface area contributed by atoms with Crippen LogP contribution in [0.4, 0.5) is 0 Å². The van der Waals surface area contributed by atoms with E-state index in [1.165, 1.54) is 17.1 Å². The second kappa shape index (κ2) is 5.48. The summed E-state index contributed by atoms with van der Waals surface area (Å²) < 4.78 is 1.22. The summed E-state index contributed by atoms with van der Waals surface area (Å²) in [4.78, 5) is 23.1. The molecule has 0 aliphatic heterocycles. The number of aliphatic carboxylic acids is 1. The van der Waals surface area contributed by atoms with Gasteiger partial charge in [-0.2, -0.15) is 5.10 Å². The maximum Gasteiger partial charge on any atom is 0.165 e. The van der Waals surface area contributed by atoms with Crippen molar-refractivity contribution in [2.75, 3.05) is 0 Å². The van der Waals surface area contributed by atoms with Crippen LogP contribution in [-0.2, 0) is 4.79 Å². The minimum Gasteiger partial charge on any atom is -0.548 e. The highest BCUT2D eigenvalue weighted by Gasteiger charge is 2.18. The number of carboxylic acids is 1. The standard InChI is InChI=1S/C14H14N2O3/c1-10-3-5-11(6-4-10)13(17)9-12(14(18)19)16-8-2-7-15-16/h2-8,12H,9H2,1H3,(H,18,19)/p-1/t12-/m1/s1. The third-order valence-electron chi connectivity index (χ3n) is 2.87. The Kier molecular flexibility index (Phi) is 3.75. The maximum absolute atomic E-state index is 12.0. The van der Waals surface area contributed by atoms with Crippen molar-refractivity contribution in [3.8, 4) is 0 Å². The molecule has 0 fully saturated rings. The molecular weight excluding hydrogens is 244 g/mol. The lowest BCUT2D eigenvalue weighted by molar-refractivity contribution is -0.310. The Morgan fingerprint density at radius 3 is 2.53 bits per heavy atom. The fraction of sp³-hybridized carbons (Fsp3) is 0.214. The van der Waals surface area contributed by atoms with Gasteiger partial charge in [0.15, 0.2) is 5.78 Å². The first-order chi connectivity index (χ1) is 9.08. The quantitative estimate of drug-likeness (QED) is 0.741. The molecule has 19 heavy (non-hydrogen) atoms. The summed E-state index contributed by atoms with van der Waals surface area (Å²) in [6, 6.07) is 7.53. The summed E-state index contributed by atoms with van der Waals surface area (Å²) in [5, 5.41) is 14.9. The molecule has 5 heteroatoms. The second-order valence-electron chi connectivity index (χ2n) is 4.31. The first-order valence-corrected chi connectivity index (χ1v) is 5.88. The Hall–Kier alpha value is -2.43. The molecule has 2 rings (SSSR count). The van der Waals surface area contributed by atoms with Gasteiger partial charge in [-0.15, -0.1) is 0 Å². The van der Waals surface area contributed by atoms with E-state index in [1.54, 1.807) is 18.2 Å². The van der Waals surface area contributed by atoms with Gasteiger partial charge in [-0.25, -0.2) is 0 Å². The van der Waals surface area contributed by atoms with E-state index in [9.17, 15) is 14.7 Å². The van der Waals surface area contributed by atoms with Gasteiger partial charge < -0.3 is 9.90 Å². The zero-order valence-corrected chi connectivity index (χ0v) is 10.4. The number of rotatable bonds is 5. The van der Waals surface area contributed by atoms with Crippen molar-refractivity contribution in [1.82, 2.24) is 9.78 Å². The lowest BCUT2D eigenvalue weighted by atomic mass is 10.0. The molecule has 0 unspecified atom stereocenters. The monoisotopic (exact) mass is 257 g/mol. The van der Waals surface area contributed by atoms with Crippen LogP contribution < -0.4 is 5.11 Å². The number of hydrogen-bond acceptors (Lipinski definition) is 4. The number of nitrogens with zero attached hydrogens (tertiary/aromatic N) is 2. The molecule has 1 atom stereocenters. The van der Waals surface area contributed by atoms with Gasteiger partial charge in [-0.05, 0) is 13.0 Å². The van der Waals surface area contributed by atoms with E-state index in [-0.39, 0.29) is 12.2 Å². The van der Waals surface area contributed by atoms with Crippen molar-refractivity contribution in [2.45, 2.75) is 19.4 Å². The number of Topliss-reactive ketones (excluding diaryl/α,β-unsaturated/α-hetero) is 1.